The van der Waals surface area contributed by atoms with Gasteiger partial charge in [-0.25, -0.2) is 57.4 Å². The quantitative estimate of drug-likeness (QED) is 0.0400. The molecule has 6 aliphatic carbocycles. The number of hydrogen-bond donors (Lipinski definition) is 14. The number of aliphatic hydroxyl groups excluding tert-OH is 10. The number of aryl methyl sites for hydroxylation is 5. The number of aromatic amines is 1. The number of nitrogens with one attached hydrogen (secondary N) is 3. The molecule has 5 fully saturated rings. The first kappa shape index (κ1) is 99.8. The standard InChI is InChI=1S/C25H27N5O3.C22H22F3N3O3.C22H25N3O4.C21H19FN4O3.C20H19N5O3/c1-14-18-6-7-30(25(18)27-13-26-14)20-10-22(24(32)23(20)31)33-21-9-16(17-11-28-29-12-17)8-15-4-2-3-5-19(15)21;1-10-2-5-27-22-18(10)14(24)9-28(22)15-7-17(21(30)20(15)29)31-16-6-13(23)19(25)11-3-4-26-8-12(11)16;1-13-5-7-24-22-14(13)6-9-25(22)16-11-19(21(27)20(16)26)29-18-4-2-3-17-15(18)12-23-8-10-28-17;22-13-10-26(21-18(13)14(23)5-7-25-21)15-8-17(20(28)19(15)27)29-16-3-1-2-11-4-6-24-9-12(11)16;1-11-13-4-7-25(19(13)24-10-23-11)15-8-16(18(27)17(15)26)28-20-14-9-21-5-2-12(14)3-6-22-20/h6-9,11-13,20,22-24,31-32H,2-5,10H2,1H3,(H,28,29);2,5-6,9,15,17,20-21,26,29-30H,3-4,7-8H2,1H3;2-7,9,16,19-21,23,26-27H,8,10-12H2,1H3;1-7,9-10,15,17,19-20,27-28H,8H2,(H2,23,25);2-7,9-10,15-18,26-27H,8H2,1H3/t20-,22+,23+,24-;15-,17+,20+,21-;16-,19+,20+,21-;15-,17+,19+,20-;15-,16+,17+,18-/m11111/s1. The Morgan fingerprint density at radius 3 is 1.49 bits per heavy atom. The Balaban J connectivity index is 0.000000106. The second-order valence-electron chi connectivity index (χ2n) is 39.5. The number of halogens is 4. The lowest BCUT2D eigenvalue weighted by Gasteiger charge is -2.25. The van der Waals surface area contributed by atoms with E-state index in [2.05, 4.69) is 76.7 Å². The molecular weight excluding hydrogens is 1930 g/mol. The van der Waals surface area contributed by atoms with Gasteiger partial charge >= 0.3 is 0 Å². The Kier molecular flexibility index (Phi) is 27.9. The summed E-state index contributed by atoms with van der Waals surface area (Å²) in [5.41, 5.74) is 19.0. The number of hydrogen-bond acceptors (Lipinski definition) is 30. The van der Waals surface area contributed by atoms with Crippen molar-refractivity contribution in [1.82, 2.24) is 93.5 Å². The molecule has 18 aromatic rings. The number of pyridine rings is 6. The third kappa shape index (κ3) is 18.9. The van der Waals surface area contributed by atoms with Gasteiger partial charge in [-0.05, 0) is 184 Å². The molecule has 20 atom stereocenters. The summed E-state index contributed by atoms with van der Waals surface area (Å²) in [4.78, 5) is 42.7. The number of aromatic nitrogens is 17. The predicted molar refractivity (Wildman–Crippen MR) is 545 cm³/mol. The van der Waals surface area contributed by atoms with Crippen LogP contribution in [-0.2, 0) is 32.4 Å². The summed E-state index contributed by atoms with van der Waals surface area (Å²) in [6, 6.07) is 30.9. The smallest absolute Gasteiger partial charge is 0.223 e. The number of nitrogens with two attached hydrogens (primary N) is 1. The van der Waals surface area contributed by atoms with Crippen LogP contribution in [0.3, 0.4) is 0 Å². The SMILES string of the molecule is Cc1ccnc2c1c(F)cn2[C@@H]1C[C@H](Oc2cc(F)c(F)c3c2CNCC3)[C@@H](O)[C@H]1O.Cc1ccnc2c1ccn2[C@@H]1C[C@H](Oc2cccc3c2CNCCO3)[C@@H](O)[C@H]1O.Cc1ncnc2c1ccn2[C@@H]1C[C@H](Oc2cc(-c3cn[nH]c3)cc3c2CCCC3)[C@@H](O)[C@H]1O.Cc1ncnc2c1ccn2[C@@H]1C[C@H](Oc2nccc3ccncc23)[C@@H](O)[C@H]1O.Nc1ccnc2c1c(F)cn2[C@@H]1C[C@H](Oc2cccc3ccncc23)[C@@H](O)[C@H]1O. The zero-order valence-corrected chi connectivity index (χ0v) is 82.0. The van der Waals surface area contributed by atoms with Gasteiger partial charge in [-0.15, -0.1) is 0 Å². The Morgan fingerprint density at radius 2 is 0.873 bits per heavy atom. The van der Waals surface area contributed by atoms with Gasteiger partial charge in [0.05, 0.1) is 64.0 Å². The van der Waals surface area contributed by atoms with Crippen molar-refractivity contribution in [3.05, 3.63) is 288 Å². The number of nitrogen functional groups attached to an aromatic ring is 1. The third-order valence-corrected chi connectivity index (χ3v) is 30.6. The van der Waals surface area contributed by atoms with Crippen molar-refractivity contribution in [2.75, 3.05) is 25.4 Å². The van der Waals surface area contributed by atoms with Gasteiger partial charge in [0, 0.05) is 194 Å². The maximum absolute atomic E-state index is 14.5. The van der Waals surface area contributed by atoms with Crippen molar-refractivity contribution >= 4 is 82.4 Å². The highest BCUT2D eigenvalue weighted by Crippen LogP contribution is 2.47. The van der Waals surface area contributed by atoms with E-state index in [1.807, 2.05) is 138 Å². The van der Waals surface area contributed by atoms with Gasteiger partial charge in [-0.3, -0.25) is 15.1 Å². The first-order valence-corrected chi connectivity index (χ1v) is 50.2. The second-order valence-corrected chi connectivity index (χ2v) is 39.5. The summed E-state index contributed by atoms with van der Waals surface area (Å²) >= 11 is 0. The van der Waals surface area contributed by atoms with E-state index in [1.54, 1.807) is 68.6 Å². The summed E-state index contributed by atoms with van der Waals surface area (Å²) < 4.78 is 103. The number of fused-ring (bicyclic) bond motifs is 10. The number of rotatable bonds is 16. The molecule has 8 aliphatic rings. The van der Waals surface area contributed by atoms with Gasteiger partial charge in [0.1, 0.15) is 168 Å². The number of anilines is 1. The number of aliphatic hydroxyl groups is 10. The second kappa shape index (κ2) is 42.0. The van der Waals surface area contributed by atoms with Crippen LogP contribution < -0.4 is 44.8 Å². The molecule has 14 aromatic heterocycles. The lowest BCUT2D eigenvalue weighted by molar-refractivity contribution is -0.0170. The third-order valence-electron chi connectivity index (χ3n) is 30.6. The van der Waals surface area contributed by atoms with Gasteiger partial charge in [0.15, 0.2) is 23.3 Å². The Labute approximate surface area is 854 Å². The fourth-order valence-electron chi connectivity index (χ4n) is 22.6. The van der Waals surface area contributed by atoms with Crippen molar-refractivity contribution < 1.29 is 97.0 Å². The fourth-order valence-corrected chi connectivity index (χ4v) is 22.6. The zero-order valence-electron chi connectivity index (χ0n) is 82.0. The van der Waals surface area contributed by atoms with E-state index in [-0.39, 0.29) is 53.4 Å². The first-order chi connectivity index (χ1) is 72.8. The van der Waals surface area contributed by atoms with Gasteiger partial charge in [-0.1, -0.05) is 24.3 Å². The Bertz CT molecular complexity index is 8000. The molecule has 0 saturated heterocycles. The van der Waals surface area contributed by atoms with Crippen LogP contribution in [0.4, 0.5) is 23.2 Å². The van der Waals surface area contributed by atoms with Crippen molar-refractivity contribution in [2.24, 2.45) is 0 Å². The number of benzene rings is 4. The molecule has 5 saturated carbocycles. The topological polar surface area (TPSA) is 490 Å². The minimum absolute atomic E-state index is 0.135. The van der Waals surface area contributed by atoms with E-state index in [4.69, 9.17) is 34.2 Å². The van der Waals surface area contributed by atoms with Crippen LogP contribution in [0, 0.1) is 51.0 Å². The van der Waals surface area contributed by atoms with Crippen molar-refractivity contribution in [1.29, 1.82) is 0 Å². The van der Waals surface area contributed by atoms with Crippen molar-refractivity contribution in [3.8, 4) is 45.8 Å². The van der Waals surface area contributed by atoms with Crippen LogP contribution in [0.2, 0.25) is 0 Å². The highest BCUT2D eigenvalue weighted by atomic mass is 19.2. The number of H-pyrrole nitrogens is 1. The molecule has 150 heavy (non-hydrogen) atoms. The van der Waals surface area contributed by atoms with Crippen LogP contribution in [-0.4, -0.2) is 245 Å². The molecule has 36 nitrogen and oxygen atoms in total. The van der Waals surface area contributed by atoms with Crippen LogP contribution in [0.1, 0.15) is 125 Å². The molecule has 0 radical (unpaired) electrons. The van der Waals surface area contributed by atoms with Crippen LogP contribution >= 0.6 is 0 Å². The van der Waals surface area contributed by atoms with Crippen molar-refractivity contribution in [3.63, 3.8) is 0 Å². The highest BCUT2D eigenvalue weighted by molar-refractivity contribution is 5.90. The molecule has 40 heteroatoms. The molecule has 4 aromatic carbocycles. The molecule has 2 aliphatic heterocycles. The normalized spacial score (nSPS) is 25.3. The molecule has 0 spiro atoms. The molecule has 15 N–H and O–H groups in total. The Morgan fingerprint density at radius 1 is 0.387 bits per heavy atom. The van der Waals surface area contributed by atoms with E-state index >= 15 is 0 Å². The lowest BCUT2D eigenvalue weighted by atomic mass is 9.88. The molecule has 16 heterocycles. The summed E-state index contributed by atoms with van der Waals surface area (Å²) in [5.74, 6) is 0.503. The average molecular weight is 2050 g/mol. The summed E-state index contributed by atoms with van der Waals surface area (Å²) in [6.45, 7) is 10.5. The zero-order chi connectivity index (χ0) is 104. The number of ether oxygens (including phenoxy) is 6. The largest absolute Gasteiger partial charge is 0.492 e. The Hall–Kier alpha value is -14.8. The molecule has 0 unspecified atom stereocenters. The van der Waals surface area contributed by atoms with Gasteiger partial charge in [0.25, 0.3) is 0 Å². The van der Waals surface area contributed by atoms with Crippen molar-refractivity contribution in [2.45, 2.75) is 227 Å². The maximum atomic E-state index is 14.5. The lowest BCUT2D eigenvalue weighted by Crippen LogP contribution is -2.35. The molecule has 776 valence electrons. The summed E-state index contributed by atoms with van der Waals surface area (Å²) in [5, 5.41) is 128. The van der Waals surface area contributed by atoms with E-state index in [0.29, 0.717) is 97.1 Å². The minimum atomic E-state index is -1.30. The summed E-state index contributed by atoms with van der Waals surface area (Å²) in [7, 11) is 0. The molecule has 26 rings (SSSR count). The summed E-state index contributed by atoms with van der Waals surface area (Å²) in [6.07, 6.45) is 20.7. The van der Waals surface area contributed by atoms with E-state index in [0.717, 1.165) is 138 Å². The number of nitrogens with zero attached hydrogens (tertiary/aromatic N) is 16. The van der Waals surface area contributed by atoms with Gasteiger partial charge < -0.3 is 119 Å². The fraction of sp³-hybridized carbons (Fsp3) is 0.355. The van der Waals surface area contributed by atoms with E-state index in [9.17, 15) is 68.6 Å². The highest BCUT2D eigenvalue weighted by Gasteiger charge is 2.51. The molecule has 0 bridgehead atoms. The maximum Gasteiger partial charge on any atom is 0.223 e. The minimum Gasteiger partial charge on any atom is -0.492 e. The van der Waals surface area contributed by atoms with E-state index in [1.165, 1.54) is 57.6 Å². The first-order valence-electron chi connectivity index (χ1n) is 50.2. The molecule has 0 amide bonds. The average Bonchev–Trinajstić information content (AvgIpc) is 1.61. The van der Waals surface area contributed by atoms with Crippen LogP contribution in [0.5, 0.6) is 34.6 Å². The van der Waals surface area contributed by atoms with Gasteiger partial charge in [-0.2, -0.15) is 5.10 Å². The monoisotopic (exact) mass is 2040 g/mol. The predicted octanol–water partition coefficient (Wildman–Crippen LogP) is 11.8. The van der Waals surface area contributed by atoms with Gasteiger partial charge in [0.2, 0.25) is 5.88 Å². The van der Waals surface area contributed by atoms with Crippen LogP contribution in [0.25, 0.3) is 87.8 Å². The molecular formula is C110H112F4N20O16. The van der Waals surface area contributed by atoms with Crippen LogP contribution in [0.15, 0.2) is 215 Å². The van der Waals surface area contributed by atoms with E-state index < -0.39 is 127 Å².